The first-order valence-electron chi connectivity index (χ1n) is 16.8. The van der Waals surface area contributed by atoms with Gasteiger partial charge in [0.25, 0.3) is 5.91 Å². The second-order valence-electron chi connectivity index (χ2n) is 11.9. The van der Waals surface area contributed by atoms with Crippen LogP contribution in [0.3, 0.4) is 0 Å². The van der Waals surface area contributed by atoms with E-state index in [2.05, 4.69) is 55.9 Å². The Morgan fingerprint density at radius 1 is 0.744 bits per heavy atom. The number of aromatic nitrogens is 1. The van der Waals surface area contributed by atoms with Crippen molar-refractivity contribution in [1.82, 2.24) is 4.90 Å². The first-order valence-corrected chi connectivity index (χ1v) is 17.1. The summed E-state index contributed by atoms with van der Waals surface area (Å²) in [4.78, 5) is 15.6. The van der Waals surface area contributed by atoms with Crippen LogP contribution in [0.4, 0.5) is 0 Å². The van der Waals surface area contributed by atoms with Gasteiger partial charge in [-0.05, 0) is 48.2 Å². The van der Waals surface area contributed by atoms with Gasteiger partial charge in [-0.2, -0.15) is 0 Å². The molecule has 0 spiro atoms. The summed E-state index contributed by atoms with van der Waals surface area (Å²) in [6.07, 6.45) is 21.2. The summed E-state index contributed by atoms with van der Waals surface area (Å²) < 4.78 is 8.41. The van der Waals surface area contributed by atoms with Crippen molar-refractivity contribution in [2.24, 2.45) is 0 Å². The Morgan fingerprint density at radius 3 is 2.00 bits per heavy atom. The summed E-state index contributed by atoms with van der Waals surface area (Å²) in [5, 5.41) is 0.475. The number of hydrogen-bond acceptors (Lipinski definition) is 2. The maximum absolute atomic E-state index is 13.8. The van der Waals surface area contributed by atoms with Crippen molar-refractivity contribution in [2.45, 2.75) is 124 Å². The van der Waals surface area contributed by atoms with Gasteiger partial charge in [-0.3, -0.25) is 4.79 Å². The standard InChI is InChI=1S/C38H54ClN2O2/c1-4-6-7-8-9-10-11-12-13-14-15-18-29-43-37-23-19-20-34(32(37)3)31-41(38(42)35-21-16-17-22-36(35)39)30-33-24-27-40(26-5-2)28-25-33/h16-17,19-25,27-28H,4-15,18,26,29-31H2,1-3H3/q+1. The van der Waals surface area contributed by atoms with Crippen LogP contribution in [0.15, 0.2) is 67.0 Å². The first-order chi connectivity index (χ1) is 21.0. The van der Waals surface area contributed by atoms with Crippen molar-refractivity contribution in [3.63, 3.8) is 0 Å². The summed E-state index contributed by atoms with van der Waals surface area (Å²) in [5.41, 5.74) is 3.79. The van der Waals surface area contributed by atoms with Crippen LogP contribution < -0.4 is 9.30 Å². The van der Waals surface area contributed by atoms with Gasteiger partial charge in [-0.15, -0.1) is 0 Å². The third-order valence-electron chi connectivity index (χ3n) is 8.22. The SMILES string of the molecule is CCCCCCCCCCCCCCOc1cccc(CN(Cc2cc[n+](CCC)cc2)C(=O)c2ccccc2Cl)c1C. The maximum Gasteiger partial charge on any atom is 0.255 e. The van der Waals surface area contributed by atoms with Crippen LogP contribution in [0.25, 0.3) is 0 Å². The number of benzene rings is 2. The Hall–Kier alpha value is -2.85. The van der Waals surface area contributed by atoms with E-state index in [-0.39, 0.29) is 5.91 Å². The first kappa shape index (κ1) is 34.6. The molecule has 4 nitrogen and oxygen atoms in total. The molecule has 0 fully saturated rings. The summed E-state index contributed by atoms with van der Waals surface area (Å²) in [6.45, 7) is 9.24. The van der Waals surface area contributed by atoms with E-state index in [0.29, 0.717) is 23.7 Å². The van der Waals surface area contributed by atoms with E-state index in [1.54, 1.807) is 12.1 Å². The lowest BCUT2D eigenvalue weighted by Crippen LogP contribution is -2.34. The highest BCUT2D eigenvalue weighted by atomic mass is 35.5. The molecular formula is C38H54ClN2O2+. The Balaban J connectivity index is 1.53. The van der Waals surface area contributed by atoms with E-state index in [0.717, 1.165) is 48.4 Å². The molecule has 234 valence electrons. The minimum absolute atomic E-state index is 0.0712. The van der Waals surface area contributed by atoms with E-state index in [1.807, 2.05) is 29.2 Å². The average molecular weight is 606 g/mol. The van der Waals surface area contributed by atoms with Crippen molar-refractivity contribution in [3.05, 3.63) is 94.3 Å². The van der Waals surface area contributed by atoms with E-state index in [1.165, 1.54) is 70.6 Å². The van der Waals surface area contributed by atoms with Crippen LogP contribution in [-0.4, -0.2) is 17.4 Å². The Bertz CT molecular complexity index is 1210. The molecule has 0 aliphatic rings. The summed E-state index contributed by atoms with van der Waals surface area (Å²) in [7, 11) is 0. The molecule has 0 saturated heterocycles. The Morgan fingerprint density at radius 2 is 1.37 bits per heavy atom. The molecule has 0 atom stereocenters. The smallest absolute Gasteiger partial charge is 0.255 e. The number of pyridine rings is 1. The highest BCUT2D eigenvalue weighted by Gasteiger charge is 2.21. The second kappa shape index (κ2) is 20.2. The molecule has 3 aromatic rings. The quantitative estimate of drug-likeness (QED) is 0.0894. The molecule has 0 radical (unpaired) electrons. The van der Waals surface area contributed by atoms with Gasteiger partial charge in [0.05, 0.1) is 17.2 Å². The van der Waals surface area contributed by atoms with Crippen LogP contribution in [0.2, 0.25) is 5.02 Å². The number of aryl methyl sites for hydroxylation is 1. The van der Waals surface area contributed by atoms with E-state index in [4.69, 9.17) is 16.3 Å². The number of rotatable bonds is 21. The molecule has 0 saturated carbocycles. The lowest BCUT2D eigenvalue weighted by Gasteiger charge is -2.25. The molecule has 1 aromatic heterocycles. The largest absolute Gasteiger partial charge is 0.493 e. The minimum atomic E-state index is -0.0712. The van der Waals surface area contributed by atoms with Gasteiger partial charge in [0.1, 0.15) is 12.3 Å². The summed E-state index contributed by atoms with van der Waals surface area (Å²) >= 11 is 6.46. The highest BCUT2D eigenvalue weighted by molar-refractivity contribution is 6.33. The van der Waals surface area contributed by atoms with Crippen LogP contribution in [0, 0.1) is 6.92 Å². The van der Waals surface area contributed by atoms with Crippen LogP contribution >= 0.6 is 11.6 Å². The second-order valence-corrected chi connectivity index (χ2v) is 12.3. The third-order valence-corrected chi connectivity index (χ3v) is 8.55. The van der Waals surface area contributed by atoms with Gasteiger partial charge in [-0.1, -0.05) is 120 Å². The van der Waals surface area contributed by atoms with E-state index < -0.39 is 0 Å². The number of nitrogens with zero attached hydrogens (tertiary/aromatic N) is 2. The predicted octanol–water partition coefficient (Wildman–Crippen LogP) is 10.3. The molecule has 0 N–H and O–H groups in total. The summed E-state index contributed by atoms with van der Waals surface area (Å²) in [6, 6.07) is 17.7. The number of unbranched alkanes of at least 4 members (excludes halogenated alkanes) is 11. The van der Waals surface area contributed by atoms with E-state index in [9.17, 15) is 4.79 Å². The van der Waals surface area contributed by atoms with Crippen LogP contribution in [0.1, 0.15) is 124 Å². The molecule has 0 bridgehead atoms. The maximum atomic E-state index is 13.8. The summed E-state index contributed by atoms with van der Waals surface area (Å²) in [5.74, 6) is 0.837. The Kier molecular flexibility index (Phi) is 16.2. The number of hydrogen-bond donors (Lipinski definition) is 0. The molecule has 0 aliphatic heterocycles. The molecule has 3 rings (SSSR count). The third kappa shape index (κ3) is 12.3. The lowest BCUT2D eigenvalue weighted by molar-refractivity contribution is -0.697. The van der Waals surface area contributed by atoms with Gasteiger partial charge < -0.3 is 9.64 Å². The topological polar surface area (TPSA) is 33.4 Å². The van der Waals surface area contributed by atoms with Gasteiger partial charge in [0.2, 0.25) is 0 Å². The zero-order chi connectivity index (χ0) is 30.7. The van der Waals surface area contributed by atoms with Crippen molar-refractivity contribution >= 4 is 17.5 Å². The Labute approximate surface area is 266 Å². The predicted molar refractivity (Wildman–Crippen MR) is 180 cm³/mol. The van der Waals surface area contributed by atoms with Crippen molar-refractivity contribution in [1.29, 1.82) is 0 Å². The van der Waals surface area contributed by atoms with E-state index >= 15 is 0 Å². The molecule has 0 aliphatic carbocycles. The minimum Gasteiger partial charge on any atom is -0.493 e. The zero-order valence-electron chi connectivity index (χ0n) is 27.0. The van der Waals surface area contributed by atoms with Gasteiger partial charge in [0.15, 0.2) is 12.4 Å². The number of carbonyl (C=O) groups excluding carboxylic acids is 1. The zero-order valence-corrected chi connectivity index (χ0v) is 27.7. The molecular weight excluding hydrogens is 552 g/mol. The fourth-order valence-electron chi connectivity index (χ4n) is 5.54. The number of amides is 1. The molecule has 0 unspecified atom stereocenters. The number of ether oxygens (including phenoxy) is 1. The number of halogens is 1. The molecule has 1 heterocycles. The fraction of sp³-hybridized carbons (Fsp3) is 0.526. The number of carbonyl (C=O) groups is 1. The van der Waals surface area contributed by atoms with Gasteiger partial charge in [-0.25, -0.2) is 4.57 Å². The fourth-order valence-corrected chi connectivity index (χ4v) is 5.76. The normalized spacial score (nSPS) is 11.1. The van der Waals surface area contributed by atoms with Gasteiger partial charge >= 0.3 is 0 Å². The van der Waals surface area contributed by atoms with Crippen molar-refractivity contribution < 1.29 is 14.1 Å². The molecule has 1 amide bonds. The lowest BCUT2D eigenvalue weighted by atomic mass is 10.1. The molecule has 2 aromatic carbocycles. The average Bonchev–Trinajstić information content (AvgIpc) is 3.01. The van der Waals surface area contributed by atoms with Gasteiger partial charge in [0, 0.05) is 31.6 Å². The van der Waals surface area contributed by atoms with Crippen LogP contribution in [0.5, 0.6) is 5.75 Å². The monoisotopic (exact) mass is 605 g/mol. The van der Waals surface area contributed by atoms with Crippen molar-refractivity contribution in [3.8, 4) is 5.75 Å². The van der Waals surface area contributed by atoms with Crippen molar-refractivity contribution in [2.75, 3.05) is 6.61 Å². The van der Waals surface area contributed by atoms with Crippen LogP contribution in [-0.2, 0) is 19.6 Å². The highest BCUT2D eigenvalue weighted by Crippen LogP contribution is 2.26. The molecule has 43 heavy (non-hydrogen) atoms. The molecule has 5 heteroatoms.